The van der Waals surface area contributed by atoms with Crippen molar-refractivity contribution >= 4 is 57.2 Å². The molecule has 7 aromatic carbocycles. The average molecular weight is 797 g/mol. The zero-order valence-corrected chi connectivity index (χ0v) is 37.5. The van der Waals surface area contributed by atoms with E-state index in [1.165, 1.54) is 78.1 Å². The van der Waals surface area contributed by atoms with E-state index < -0.39 is 0 Å². The van der Waals surface area contributed by atoms with E-state index in [1.54, 1.807) is 0 Å². The fraction of sp³-hybridized carbons (Fsp3) is 0.263. The first-order chi connectivity index (χ1) is 29.3. The van der Waals surface area contributed by atoms with Crippen molar-refractivity contribution in [1.29, 1.82) is 0 Å². The van der Waals surface area contributed by atoms with Gasteiger partial charge in [-0.3, -0.25) is 0 Å². The predicted molar refractivity (Wildman–Crippen MR) is 260 cm³/mol. The van der Waals surface area contributed by atoms with Crippen LogP contribution in [0.4, 0.5) is 34.1 Å². The molecule has 0 radical (unpaired) electrons. The molecule has 0 fully saturated rings. The van der Waals surface area contributed by atoms with Crippen LogP contribution in [0.15, 0.2) is 146 Å². The van der Waals surface area contributed by atoms with Gasteiger partial charge in [-0.1, -0.05) is 160 Å². The van der Waals surface area contributed by atoms with Crippen molar-refractivity contribution in [1.82, 2.24) is 0 Å². The fourth-order valence-electron chi connectivity index (χ4n) is 10.8. The van der Waals surface area contributed by atoms with E-state index in [4.69, 9.17) is 4.74 Å². The molecule has 0 aliphatic carbocycles. The topological polar surface area (TPSA) is 15.7 Å². The first-order valence-corrected chi connectivity index (χ1v) is 22.4. The summed E-state index contributed by atoms with van der Waals surface area (Å²) in [7, 11) is 0. The molecule has 0 aromatic heterocycles. The summed E-state index contributed by atoms with van der Waals surface area (Å²) in [6.45, 7) is 23.5. The quantitative estimate of drug-likeness (QED) is 0.156. The van der Waals surface area contributed by atoms with E-state index in [2.05, 4.69) is 225 Å². The maximum Gasteiger partial charge on any atom is 0.251 e. The highest BCUT2D eigenvalue weighted by molar-refractivity contribution is 6.97. The maximum absolute atomic E-state index is 7.08. The molecule has 3 nitrogen and oxygen atoms in total. The highest BCUT2D eigenvalue weighted by Crippen LogP contribution is 2.53. The second kappa shape index (κ2) is 14.3. The van der Waals surface area contributed by atoms with Crippen LogP contribution >= 0.6 is 0 Å². The molecule has 304 valence electrons. The third-order valence-electron chi connectivity index (χ3n) is 14.1. The van der Waals surface area contributed by atoms with Crippen molar-refractivity contribution in [3.05, 3.63) is 185 Å². The molecule has 0 atom stereocenters. The molecule has 0 spiro atoms. The number of hydrogen-bond donors (Lipinski definition) is 0. The van der Waals surface area contributed by atoms with Crippen molar-refractivity contribution in [2.75, 3.05) is 9.80 Å². The SMILES string of the molecule is CC(C)c1cc(C(C)C)c(B2c3cc(N4c5ccccc5C(C)(C)c5ccccc54)ccc3Oc3ccc(N4c5ccccc5C(C)(C)c5ccccc54)cc32)c(C(C)C)c1. The minimum absolute atomic E-state index is 0.0758. The molecule has 0 saturated heterocycles. The summed E-state index contributed by atoms with van der Waals surface area (Å²) in [5.74, 6) is 2.89. The lowest BCUT2D eigenvalue weighted by molar-refractivity contribution is 0.487. The maximum atomic E-state index is 7.08. The molecule has 0 saturated carbocycles. The van der Waals surface area contributed by atoms with Crippen LogP contribution in [0, 0.1) is 0 Å². The molecule has 3 aliphatic rings. The molecular formula is C57H57BN2O. The molecule has 4 heteroatoms. The van der Waals surface area contributed by atoms with E-state index in [9.17, 15) is 0 Å². The average Bonchev–Trinajstić information content (AvgIpc) is 3.25. The summed E-state index contributed by atoms with van der Waals surface area (Å²) in [6.07, 6.45) is 0. The number of benzene rings is 7. The summed E-state index contributed by atoms with van der Waals surface area (Å²) < 4.78 is 7.08. The molecule has 0 unspecified atom stereocenters. The van der Waals surface area contributed by atoms with Crippen molar-refractivity contribution < 1.29 is 4.74 Å². The molecular weight excluding hydrogens is 739 g/mol. The Morgan fingerprint density at radius 3 is 1.10 bits per heavy atom. The lowest BCUT2D eigenvalue weighted by atomic mass is 9.33. The van der Waals surface area contributed by atoms with Crippen LogP contribution in [0.1, 0.15) is 126 Å². The van der Waals surface area contributed by atoms with Crippen LogP contribution in [0.25, 0.3) is 0 Å². The Labute approximate surface area is 364 Å². The molecule has 3 heterocycles. The third kappa shape index (κ3) is 6.00. The van der Waals surface area contributed by atoms with E-state index in [-0.39, 0.29) is 17.5 Å². The van der Waals surface area contributed by atoms with Crippen LogP contribution in [-0.2, 0) is 10.8 Å². The molecule has 10 rings (SSSR count). The Bertz CT molecular complexity index is 2580. The predicted octanol–water partition coefficient (Wildman–Crippen LogP) is 13.9. The monoisotopic (exact) mass is 796 g/mol. The Morgan fingerprint density at radius 2 is 0.770 bits per heavy atom. The van der Waals surface area contributed by atoms with Gasteiger partial charge in [-0.25, -0.2) is 0 Å². The number of fused-ring (bicyclic) bond motifs is 6. The zero-order valence-electron chi connectivity index (χ0n) is 37.5. The van der Waals surface area contributed by atoms with Gasteiger partial charge in [0.05, 0.1) is 22.7 Å². The van der Waals surface area contributed by atoms with Gasteiger partial charge in [-0.2, -0.15) is 0 Å². The van der Waals surface area contributed by atoms with Gasteiger partial charge in [-0.05, 0) is 128 Å². The minimum Gasteiger partial charge on any atom is -0.458 e. The molecule has 61 heavy (non-hydrogen) atoms. The van der Waals surface area contributed by atoms with Crippen LogP contribution in [0.5, 0.6) is 11.5 Å². The highest BCUT2D eigenvalue weighted by Gasteiger charge is 2.42. The van der Waals surface area contributed by atoms with E-state index >= 15 is 0 Å². The summed E-state index contributed by atoms with van der Waals surface area (Å²) >= 11 is 0. The second-order valence-electron chi connectivity index (χ2n) is 19.5. The minimum atomic E-state index is -0.143. The third-order valence-corrected chi connectivity index (χ3v) is 14.1. The number of anilines is 6. The van der Waals surface area contributed by atoms with Crippen molar-refractivity contribution in [2.45, 2.75) is 97.8 Å². The zero-order chi connectivity index (χ0) is 42.5. The molecule has 0 bridgehead atoms. The van der Waals surface area contributed by atoms with E-state index in [1.807, 2.05) is 0 Å². The number of hydrogen-bond acceptors (Lipinski definition) is 3. The van der Waals surface area contributed by atoms with E-state index in [0.717, 1.165) is 22.9 Å². The second-order valence-corrected chi connectivity index (χ2v) is 19.5. The van der Waals surface area contributed by atoms with Crippen molar-refractivity contribution in [3.63, 3.8) is 0 Å². The summed E-state index contributed by atoms with van der Waals surface area (Å²) in [6, 6.07) is 54.7. The number of ether oxygens (including phenoxy) is 1. The lowest BCUT2D eigenvalue weighted by Gasteiger charge is -2.43. The van der Waals surface area contributed by atoms with Gasteiger partial charge in [-0.15, -0.1) is 0 Å². The Hall–Kier alpha value is -6.00. The van der Waals surface area contributed by atoms with Gasteiger partial charge in [0.1, 0.15) is 11.5 Å². The molecule has 7 aromatic rings. The van der Waals surface area contributed by atoms with Crippen LogP contribution < -0.4 is 30.9 Å². The number of para-hydroxylation sites is 4. The Kier molecular flexibility index (Phi) is 9.18. The number of nitrogens with zero attached hydrogens (tertiary/aromatic N) is 2. The van der Waals surface area contributed by atoms with Crippen molar-refractivity contribution in [3.8, 4) is 11.5 Å². The van der Waals surface area contributed by atoms with Gasteiger partial charge >= 0.3 is 0 Å². The summed E-state index contributed by atoms with van der Waals surface area (Å²) in [5.41, 5.74) is 20.2. The number of rotatable bonds is 6. The van der Waals surface area contributed by atoms with E-state index in [0.29, 0.717) is 17.8 Å². The summed E-state index contributed by atoms with van der Waals surface area (Å²) in [5, 5.41) is 0. The van der Waals surface area contributed by atoms with Crippen LogP contribution in [-0.4, -0.2) is 6.71 Å². The fourth-order valence-corrected chi connectivity index (χ4v) is 10.8. The Morgan fingerprint density at radius 1 is 0.426 bits per heavy atom. The smallest absolute Gasteiger partial charge is 0.251 e. The first-order valence-electron chi connectivity index (χ1n) is 22.4. The van der Waals surface area contributed by atoms with Gasteiger partial charge < -0.3 is 14.5 Å². The summed E-state index contributed by atoms with van der Waals surface area (Å²) in [4.78, 5) is 4.97. The van der Waals surface area contributed by atoms with Crippen LogP contribution in [0.2, 0.25) is 0 Å². The normalized spacial score (nSPS) is 15.5. The van der Waals surface area contributed by atoms with Gasteiger partial charge in [0.2, 0.25) is 0 Å². The standard InChI is InChI=1S/C57H57BN2O/c1-35(2)38-31-41(36(3)4)55(42(32-38)37(5)6)58-47-33-39(59-49-23-15-11-19-43(49)56(7,8)44-20-12-16-24-50(44)59)27-29-53(47)61-54-30-28-40(34-48(54)58)60-51-25-17-13-21-45(51)57(9,10)46-22-14-18-26-52(46)60/h11-37H,1-10H3. The molecule has 0 amide bonds. The van der Waals surface area contributed by atoms with Crippen molar-refractivity contribution in [2.24, 2.45) is 0 Å². The highest BCUT2D eigenvalue weighted by atomic mass is 16.5. The van der Waals surface area contributed by atoms with Gasteiger partial charge in [0, 0.05) is 22.2 Å². The van der Waals surface area contributed by atoms with Gasteiger partial charge in [0.15, 0.2) is 0 Å². The first kappa shape index (κ1) is 39.2. The lowest BCUT2D eigenvalue weighted by Crippen LogP contribution is -2.57. The Balaban J connectivity index is 1.25. The van der Waals surface area contributed by atoms with Crippen LogP contribution in [0.3, 0.4) is 0 Å². The molecule has 3 aliphatic heterocycles. The molecule has 0 N–H and O–H groups in total. The van der Waals surface area contributed by atoms with Gasteiger partial charge in [0.25, 0.3) is 6.71 Å². The largest absolute Gasteiger partial charge is 0.458 e.